The first kappa shape index (κ1) is 21.3. The number of nitro groups is 1. The van der Waals surface area contributed by atoms with Gasteiger partial charge in [-0.05, 0) is 38.1 Å². The molecule has 1 aliphatic rings. The first-order valence-electron chi connectivity index (χ1n) is 9.02. The molecule has 0 atom stereocenters. The van der Waals surface area contributed by atoms with Crippen LogP contribution in [-0.4, -0.2) is 32.4 Å². The summed E-state index contributed by atoms with van der Waals surface area (Å²) < 4.78 is 33.6. The molecule has 3 rings (SSSR count). The molecule has 9 nitrogen and oxygen atoms in total. The maximum Gasteiger partial charge on any atom is 0.270 e. The number of sulfonamides is 1. The largest absolute Gasteiger partial charge is 0.490 e. The van der Waals surface area contributed by atoms with Gasteiger partial charge < -0.3 is 9.64 Å². The van der Waals surface area contributed by atoms with Crippen LogP contribution in [0, 0.1) is 15.5 Å². The lowest BCUT2D eigenvalue weighted by molar-refractivity contribution is -0.385. The number of nitro benzene ring substituents is 1. The Morgan fingerprint density at radius 2 is 2.03 bits per heavy atom. The summed E-state index contributed by atoms with van der Waals surface area (Å²) in [6, 6.07) is 9.31. The number of non-ortho nitro benzene ring substituents is 1. The van der Waals surface area contributed by atoms with Crippen molar-refractivity contribution in [3.05, 3.63) is 65.2 Å². The lowest BCUT2D eigenvalue weighted by Gasteiger charge is -2.27. The van der Waals surface area contributed by atoms with Crippen LogP contribution >= 0.6 is 0 Å². The van der Waals surface area contributed by atoms with E-state index < -0.39 is 20.4 Å². The lowest BCUT2D eigenvalue weighted by Crippen LogP contribution is -2.42. The van der Waals surface area contributed by atoms with Gasteiger partial charge in [0.15, 0.2) is 0 Å². The second-order valence-electron chi connectivity index (χ2n) is 7.42. The minimum Gasteiger partial charge on any atom is -0.490 e. The number of hydrogen-bond donors (Lipinski definition) is 1. The molecule has 1 N–H and O–H groups in total. The summed E-state index contributed by atoms with van der Waals surface area (Å²) in [4.78, 5) is 24.5. The molecular formula is C20H21N3O6S. The summed E-state index contributed by atoms with van der Waals surface area (Å²) in [6.45, 7) is 7.61. The molecule has 0 unspecified atom stereocenters. The number of nitrogens with one attached hydrogen (secondary N) is 1. The average Bonchev–Trinajstić information content (AvgIpc) is 2.78. The lowest BCUT2D eigenvalue weighted by atomic mass is 9.93. The zero-order valence-electron chi connectivity index (χ0n) is 16.5. The van der Waals surface area contributed by atoms with Gasteiger partial charge in [-0.2, -0.15) is 0 Å². The molecular weight excluding hydrogens is 410 g/mol. The van der Waals surface area contributed by atoms with Crippen LogP contribution in [-0.2, 0) is 14.8 Å². The number of anilines is 2. The summed E-state index contributed by atoms with van der Waals surface area (Å²) >= 11 is 0. The zero-order valence-corrected chi connectivity index (χ0v) is 17.3. The normalized spacial score (nSPS) is 15.5. The maximum absolute atomic E-state index is 12.9. The average molecular weight is 431 g/mol. The third-order valence-corrected chi connectivity index (χ3v) is 5.94. The molecule has 1 aliphatic heterocycles. The van der Waals surface area contributed by atoms with Gasteiger partial charge in [0.05, 0.1) is 26.6 Å². The zero-order chi connectivity index (χ0) is 22.1. The second-order valence-corrected chi connectivity index (χ2v) is 9.10. The van der Waals surface area contributed by atoms with Crippen LogP contribution in [0.4, 0.5) is 17.1 Å². The Morgan fingerprint density at radius 1 is 1.30 bits per heavy atom. The predicted octanol–water partition coefficient (Wildman–Crippen LogP) is 3.33. The fourth-order valence-corrected chi connectivity index (χ4v) is 4.09. The molecule has 0 aromatic heterocycles. The Bertz CT molecular complexity index is 1130. The molecule has 0 saturated carbocycles. The third-order valence-electron chi connectivity index (χ3n) is 4.56. The van der Waals surface area contributed by atoms with Gasteiger partial charge in [0, 0.05) is 18.7 Å². The third kappa shape index (κ3) is 4.13. The number of benzene rings is 2. The first-order valence-corrected chi connectivity index (χ1v) is 10.5. The second kappa shape index (κ2) is 7.79. The van der Waals surface area contributed by atoms with Gasteiger partial charge in [0.2, 0.25) is 5.91 Å². The number of hydrogen-bond acceptors (Lipinski definition) is 6. The summed E-state index contributed by atoms with van der Waals surface area (Å²) in [6.07, 6.45) is 1.57. The Hall–Kier alpha value is -3.40. The van der Waals surface area contributed by atoms with Crippen LogP contribution in [0.5, 0.6) is 5.75 Å². The molecule has 2 aromatic carbocycles. The topological polar surface area (TPSA) is 119 Å². The SMILES string of the molecule is C=CCN1C(=O)C(C)(C)COc2ccc(NS(=O)(=O)c3cccc([N+](=O)[O-])c3)cc21. The molecule has 1 heterocycles. The van der Waals surface area contributed by atoms with Crippen LogP contribution in [0.15, 0.2) is 60.0 Å². The summed E-state index contributed by atoms with van der Waals surface area (Å²) in [7, 11) is -4.09. The molecule has 0 saturated heterocycles. The number of fused-ring (bicyclic) bond motifs is 1. The Morgan fingerprint density at radius 3 is 2.70 bits per heavy atom. The first-order chi connectivity index (χ1) is 14.0. The van der Waals surface area contributed by atoms with Crippen molar-refractivity contribution in [2.24, 2.45) is 5.41 Å². The van der Waals surface area contributed by atoms with E-state index in [1.807, 2.05) is 0 Å². The number of carbonyl (C=O) groups excluding carboxylic acids is 1. The van der Waals surface area contributed by atoms with E-state index in [1.54, 1.807) is 26.0 Å². The van der Waals surface area contributed by atoms with Gasteiger partial charge >= 0.3 is 0 Å². The van der Waals surface area contributed by atoms with Crippen LogP contribution < -0.4 is 14.4 Å². The highest BCUT2D eigenvalue weighted by Crippen LogP contribution is 2.38. The van der Waals surface area contributed by atoms with E-state index in [0.717, 1.165) is 6.07 Å². The van der Waals surface area contributed by atoms with Crippen LogP contribution in [0.3, 0.4) is 0 Å². The molecule has 1 amide bonds. The Labute approximate surface area is 174 Å². The summed E-state index contributed by atoms with van der Waals surface area (Å²) in [5.41, 5.74) is -0.515. The minimum atomic E-state index is -4.09. The molecule has 0 bridgehead atoms. The highest BCUT2D eigenvalue weighted by atomic mass is 32.2. The highest BCUT2D eigenvalue weighted by molar-refractivity contribution is 7.92. The highest BCUT2D eigenvalue weighted by Gasteiger charge is 2.37. The van der Waals surface area contributed by atoms with Gasteiger partial charge in [0.1, 0.15) is 12.4 Å². The van der Waals surface area contributed by atoms with Crippen molar-refractivity contribution in [2.45, 2.75) is 18.7 Å². The van der Waals surface area contributed by atoms with E-state index in [9.17, 15) is 23.3 Å². The molecule has 2 aromatic rings. The standard InChI is InChI=1S/C20H21N3O6S/c1-4-10-22-17-11-14(8-9-18(17)29-13-20(2,3)19(22)24)21-30(27,28)16-7-5-6-15(12-16)23(25)26/h4-9,11-12,21H,1,10,13H2,2-3H3. The quantitative estimate of drug-likeness (QED) is 0.426. The van der Waals surface area contributed by atoms with Crippen LogP contribution in [0.2, 0.25) is 0 Å². The predicted molar refractivity (Wildman–Crippen MR) is 112 cm³/mol. The van der Waals surface area contributed by atoms with Gasteiger partial charge in [-0.1, -0.05) is 12.1 Å². The van der Waals surface area contributed by atoms with Crippen molar-refractivity contribution in [3.8, 4) is 5.75 Å². The van der Waals surface area contributed by atoms with Crippen molar-refractivity contribution in [1.82, 2.24) is 0 Å². The van der Waals surface area contributed by atoms with E-state index in [1.165, 1.54) is 35.2 Å². The fraction of sp³-hybridized carbons (Fsp3) is 0.250. The smallest absolute Gasteiger partial charge is 0.270 e. The summed E-state index contributed by atoms with van der Waals surface area (Å²) in [5.74, 6) is 0.258. The van der Waals surface area contributed by atoms with E-state index in [-0.39, 0.29) is 35.3 Å². The fourth-order valence-electron chi connectivity index (χ4n) is 3.00. The van der Waals surface area contributed by atoms with Crippen molar-refractivity contribution >= 4 is 33.0 Å². The maximum atomic E-state index is 12.9. The van der Waals surface area contributed by atoms with Crippen molar-refractivity contribution in [2.75, 3.05) is 22.8 Å². The van der Waals surface area contributed by atoms with E-state index >= 15 is 0 Å². The minimum absolute atomic E-state index is 0.172. The number of amides is 1. The van der Waals surface area contributed by atoms with E-state index in [2.05, 4.69) is 11.3 Å². The Balaban J connectivity index is 1.99. The number of carbonyl (C=O) groups is 1. The summed E-state index contributed by atoms with van der Waals surface area (Å²) in [5, 5.41) is 10.9. The van der Waals surface area contributed by atoms with Crippen molar-refractivity contribution in [1.29, 1.82) is 0 Å². The van der Waals surface area contributed by atoms with Gasteiger partial charge in [-0.3, -0.25) is 19.6 Å². The molecule has 158 valence electrons. The molecule has 30 heavy (non-hydrogen) atoms. The van der Waals surface area contributed by atoms with Crippen LogP contribution in [0.25, 0.3) is 0 Å². The molecule has 0 radical (unpaired) electrons. The Kier molecular flexibility index (Phi) is 5.53. The number of nitrogens with zero attached hydrogens (tertiary/aromatic N) is 2. The van der Waals surface area contributed by atoms with Crippen LogP contribution in [0.1, 0.15) is 13.8 Å². The molecule has 0 spiro atoms. The molecule has 0 fully saturated rings. The number of ether oxygens (including phenoxy) is 1. The van der Waals surface area contributed by atoms with E-state index in [0.29, 0.717) is 11.4 Å². The molecule has 0 aliphatic carbocycles. The molecule has 10 heteroatoms. The number of rotatable bonds is 6. The van der Waals surface area contributed by atoms with Gasteiger partial charge in [-0.15, -0.1) is 6.58 Å². The van der Waals surface area contributed by atoms with Gasteiger partial charge in [-0.25, -0.2) is 8.42 Å². The monoisotopic (exact) mass is 431 g/mol. The van der Waals surface area contributed by atoms with Gasteiger partial charge in [0.25, 0.3) is 15.7 Å². The van der Waals surface area contributed by atoms with Crippen molar-refractivity contribution < 1.29 is 22.9 Å². The van der Waals surface area contributed by atoms with E-state index in [4.69, 9.17) is 4.74 Å². The van der Waals surface area contributed by atoms with Crippen molar-refractivity contribution in [3.63, 3.8) is 0 Å².